The van der Waals surface area contributed by atoms with Gasteiger partial charge in [-0.25, -0.2) is 0 Å². The summed E-state index contributed by atoms with van der Waals surface area (Å²) in [6.07, 6.45) is 6.97. The first-order valence-corrected chi connectivity index (χ1v) is 8.77. The van der Waals surface area contributed by atoms with Crippen molar-refractivity contribution >= 4 is 5.71 Å². The Bertz CT molecular complexity index is 711. The van der Waals surface area contributed by atoms with Crippen molar-refractivity contribution in [3.63, 3.8) is 0 Å². The maximum atomic E-state index is 4.57. The third-order valence-electron chi connectivity index (χ3n) is 3.83. The highest BCUT2D eigenvalue weighted by Crippen LogP contribution is 2.10. The quantitative estimate of drug-likeness (QED) is 0.439. The van der Waals surface area contributed by atoms with E-state index in [0.717, 1.165) is 24.4 Å². The highest BCUT2D eigenvalue weighted by atomic mass is 14.9. The fourth-order valence-electron chi connectivity index (χ4n) is 2.22. The second-order valence-electron chi connectivity index (χ2n) is 6.91. The summed E-state index contributed by atoms with van der Waals surface area (Å²) in [6.45, 7) is 17.4. The Kier molecular flexibility index (Phi) is 8.69. The average Bonchev–Trinajstić information content (AvgIpc) is 2.55. The van der Waals surface area contributed by atoms with Gasteiger partial charge in [0.25, 0.3) is 0 Å². The normalized spacial score (nSPS) is 12.8. The molecule has 134 valence electrons. The summed E-state index contributed by atoms with van der Waals surface area (Å²) in [5, 5.41) is 3.40. The summed E-state index contributed by atoms with van der Waals surface area (Å²) in [4.78, 5) is 4.57. The van der Waals surface area contributed by atoms with E-state index in [2.05, 4.69) is 87.9 Å². The van der Waals surface area contributed by atoms with Crippen LogP contribution in [0.3, 0.4) is 0 Å². The lowest BCUT2D eigenvalue weighted by Gasteiger charge is -2.10. The van der Waals surface area contributed by atoms with Crippen molar-refractivity contribution in [2.45, 2.75) is 54.5 Å². The van der Waals surface area contributed by atoms with E-state index in [1.54, 1.807) is 0 Å². The van der Waals surface area contributed by atoms with Crippen LogP contribution >= 0.6 is 0 Å². The number of aliphatic imine (C=N–C) groups is 1. The summed E-state index contributed by atoms with van der Waals surface area (Å²) < 4.78 is 0. The molecular weight excluding hydrogens is 304 g/mol. The number of nitrogens with one attached hydrogen (secondary N) is 1. The fourth-order valence-corrected chi connectivity index (χ4v) is 2.22. The Labute approximate surface area is 153 Å². The number of hydrogen-bond acceptors (Lipinski definition) is 2. The van der Waals surface area contributed by atoms with Crippen molar-refractivity contribution in [1.29, 1.82) is 0 Å². The van der Waals surface area contributed by atoms with E-state index in [-0.39, 0.29) is 0 Å². The third kappa shape index (κ3) is 8.90. The van der Waals surface area contributed by atoms with Crippen molar-refractivity contribution in [3.05, 3.63) is 82.7 Å². The van der Waals surface area contributed by atoms with Crippen LogP contribution in [0.1, 0.15) is 52.2 Å². The molecular formula is C23H32N2. The highest BCUT2D eigenvalue weighted by Gasteiger charge is 1.98. The molecule has 1 N–H and O–H groups in total. The van der Waals surface area contributed by atoms with Crippen LogP contribution in [0.25, 0.3) is 0 Å². The molecule has 0 aromatic heterocycles. The maximum absolute atomic E-state index is 4.57. The number of allylic oxidation sites excluding steroid dienone is 5. The number of aryl methyl sites for hydroxylation is 1. The second-order valence-corrected chi connectivity index (χ2v) is 6.91. The Morgan fingerprint density at radius 1 is 1.12 bits per heavy atom. The van der Waals surface area contributed by atoms with Gasteiger partial charge < -0.3 is 5.32 Å². The smallest absolute Gasteiger partial charge is 0.0401 e. The lowest BCUT2D eigenvalue weighted by Crippen LogP contribution is -2.12. The van der Waals surface area contributed by atoms with Crippen LogP contribution < -0.4 is 5.32 Å². The Morgan fingerprint density at radius 2 is 1.84 bits per heavy atom. The van der Waals surface area contributed by atoms with Crippen LogP contribution in [0.2, 0.25) is 0 Å². The standard InChI is InChI=1S/C23H32N2/c1-17(2)11-12-20(5)22(7)25-15-19(4)13-21(6)24-16-23-10-8-9-18(3)14-23/h8-12,14-15,24H,6,13,16H2,1-5,7H3/b19-15+,20-12+,25-22+. The van der Waals surface area contributed by atoms with E-state index >= 15 is 0 Å². The molecule has 25 heavy (non-hydrogen) atoms. The zero-order valence-electron chi connectivity index (χ0n) is 16.6. The first kappa shape index (κ1) is 20.7. The summed E-state index contributed by atoms with van der Waals surface area (Å²) in [5.74, 6) is 0. The summed E-state index contributed by atoms with van der Waals surface area (Å²) in [5.41, 5.74) is 8.27. The van der Waals surface area contributed by atoms with Crippen molar-refractivity contribution in [3.8, 4) is 0 Å². The number of rotatable bonds is 8. The minimum atomic E-state index is 0.805. The van der Waals surface area contributed by atoms with Gasteiger partial charge in [-0.15, -0.1) is 0 Å². The van der Waals surface area contributed by atoms with Gasteiger partial charge in [0, 0.05) is 30.6 Å². The molecule has 0 aliphatic rings. The summed E-state index contributed by atoms with van der Waals surface area (Å²) in [7, 11) is 0. The molecule has 1 aromatic carbocycles. The van der Waals surface area contributed by atoms with Crippen molar-refractivity contribution in [2.24, 2.45) is 4.99 Å². The van der Waals surface area contributed by atoms with E-state index < -0.39 is 0 Å². The van der Waals surface area contributed by atoms with Crippen LogP contribution in [0.4, 0.5) is 0 Å². The molecule has 2 heteroatoms. The molecule has 0 heterocycles. The van der Waals surface area contributed by atoms with Gasteiger partial charge in [0.15, 0.2) is 0 Å². The zero-order valence-corrected chi connectivity index (χ0v) is 16.6. The molecule has 0 unspecified atom stereocenters. The number of hydrogen-bond donors (Lipinski definition) is 1. The lowest BCUT2D eigenvalue weighted by atomic mass is 10.1. The van der Waals surface area contributed by atoms with Crippen LogP contribution in [0.5, 0.6) is 0 Å². The van der Waals surface area contributed by atoms with Gasteiger partial charge >= 0.3 is 0 Å². The molecule has 0 amide bonds. The number of benzene rings is 1. The van der Waals surface area contributed by atoms with Gasteiger partial charge in [-0.05, 0) is 58.3 Å². The van der Waals surface area contributed by atoms with E-state index in [1.807, 2.05) is 13.1 Å². The molecule has 1 aromatic rings. The lowest BCUT2D eigenvalue weighted by molar-refractivity contribution is 0.782. The van der Waals surface area contributed by atoms with Gasteiger partial charge in [-0.2, -0.15) is 0 Å². The zero-order chi connectivity index (χ0) is 18.8. The third-order valence-corrected chi connectivity index (χ3v) is 3.83. The molecule has 0 spiro atoms. The van der Waals surface area contributed by atoms with Crippen molar-refractivity contribution < 1.29 is 0 Å². The van der Waals surface area contributed by atoms with Crippen molar-refractivity contribution in [2.75, 3.05) is 0 Å². The van der Waals surface area contributed by atoms with E-state index in [0.29, 0.717) is 0 Å². The fraction of sp³-hybridized carbons (Fsp3) is 0.348. The summed E-state index contributed by atoms with van der Waals surface area (Å²) >= 11 is 0. The Balaban J connectivity index is 2.56. The molecule has 0 radical (unpaired) electrons. The predicted molar refractivity (Wildman–Crippen MR) is 112 cm³/mol. The van der Waals surface area contributed by atoms with E-state index in [1.165, 1.54) is 27.8 Å². The topological polar surface area (TPSA) is 24.4 Å². The van der Waals surface area contributed by atoms with Gasteiger partial charge in [0.2, 0.25) is 0 Å². The molecule has 0 saturated heterocycles. The maximum Gasteiger partial charge on any atom is 0.0401 e. The molecule has 0 saturated carbocycles. The largest absolute Gasteiger partial charge is 0.384 e. The van der Waals surface area contributed by atoms with E-state index in [4.69, 9.17) is 0 Å². The minimum Gasteiger partial charge on any atom is -0.384 e. The Morgan fingerprint density at radius 3 is 2.48 bits per heavy atom. The van der Waals surface area contributed by atoms with Crippen molar-refractivity contribution in [1.82, 2.24) is 5.32 Å². The van der Waals surface area contributed by atoms with Crippen LogP contribution in [-0.4, -0.2) is 5.71 Å². The second kappa shape index (κ2) is 10.5. The Hall–Kier alpha value is -2.35. The highest BCUT2D eigenvalue weighted by molar-refractivity contribution is 5.98. The van der Waals surface area contributed by atoms with Gasteiger partial charge in [0.05, 0.1) is 0 Å². The molecule has 2 nitrogen and oxygen atoms in total. The van der Waals surface area contributed by atoms with Gasteiger partial charge in [-0.1, -0.05) is 54.1 Å². The predicted octanol–water partition coefficient (Wildman–Crippen LogP) is 6.27. The molecule has 0 aliphatic carbocycles. The van der Waals surface area contributed by atoms with Crippen LogP contribution in [-0.2, 0) is 6.54 Å². The van der Waals surface area contributed by atoms with E-state index in [9.17, 15) is 0 Å². The molecule has 0 aliphatic heterocycles. The first-order chi connectivity index (χ1) is 11.8. The summed E-state index contributed by atoms with van der Waals surface area (Å²) in [6, 6.07) is 8.52. The monoisotopic (exact) mass is 336 g/mol. The first-order valence-electron chi connectivity index (χ1n) is 8.77. The van der Waals surface area contributed by atoms with Crippen LogP contribution in [0, 0.1) is 6.92 Å². The van der Waals surface area contributed by atoms with Gasteiger partial charge in [-0.3, -0.25) is 4.99 Å². The molecule has 1 rings (SSSR count). The minimum absolute atomic E-state index is 0.805. The molecule has 0 fully saturated rings. The average molecular weight is 337 g/mol. The van der Waals surface area contributed by atoms with Crippen LogP contribution in [0.15, 0.2) is 76.6 Å². The van der Waals surface area contributed by atoms with Gasteiger partial charge in [0.1, 0.15) is 0 Å². The molecule has 0 bridgehead atoms. The molecule has 0 atom stereocenters. The SMILES string of the molecule is C=C(C/C(C)=C/N=C(C)/C(C)=C/C=C(C)C)NCc1cccc(C)c1. The number of nitrogens with zero attached hydrogens (tertiary/aromatic N) is 1.